The number of halogens is 5. The molecule has 1 aliphatic carbocycles. The highest BCUT2D eigenvalue weighted by Crippen LogP contribution is 2.38. The predicted molar refractivity (Wildman–Crippen MR) is 97.4 cm³/mol. The highest BCUT2D eigenvalue weighted by molar-refractivity contribution is 5.41. The summed E-state index contributed by atoms with van der Waals surface area (Å²) in [7, 11) is 0. The molecular weight excluding hydrogens is 375 g/mol. The lowest BCUT2D eigenvalue weighted by Crippen LogP contribution is -2.20. The molecule has 1 aliphatic rings. The van der Waals surface area contributed by atoms with Gasteiger partial charge in [-0.15, -0.1) is 13.2 Å². The third-order valence-corrected chi connectivity index (χ3v) is 5.08. The molecular formula is C22H21F5O. The minimum atomic E-state index is -4.94. The van der Waals surface area contributed by atoms with Crippen molar-refractivity contribution in [1.82, 2.24) is 0 Å². The second-order valence-corrected chi connectivity index (χ2v) is 6.97. The van der Waals surface area contributed by atoms with E-state index in [2.05, 4.69) is 4.74 Å². The number of aryl methyl sites for hydroxylation is 1. The Kier molecular flexibility index (Phi) is 6.06. The van der Waals surface area contributed by atoms with Crippen LogP contribution in [-0.4, -0.2) is 6.36 Å². The number of ether oxygens (including phenoxy) is 1. The Labute approximate surface area is 160 Å². The van der Waals surface area contributed by atoms with E-state index in [-0.39, 0.29) is 23.7 Å². The molecule has 0 saturated carbocycles. The van der Waals surface area contributed by atoms with Gasteiger partial charge in [0.25, 0.3) is 0 Å². The molecule has 0 heterocycles. The molecule has 150 valence electrons. The molecule has 1 nitrogen and oxygen atoms in total. The van der Waals surface area contributed by atoms with E-state index >= 15 is 0 Å². The molecule has 0 aromatic heterocycles. The molecule has 1 atom stereocenters. The third-order valence-electron chi connectivity index (χ3n) is 5.08. The molecule has 2 aromatic rings. The van der Waals surface area contributed by atoms with Gasteiger partial charge in [0.1, 0.15) is 5.82 Å². The van der Waals surface area contributed by atoms with E-state index in [1.54, 1.807) is 6.07 Å². The van der Waals surface area contributed by atoms with Crippen molar-refractivity contribution in [3.05, 3.63) is 76.4 Å². The maximum Gasteiger partial charge on any atom is 0.573 e. The van der Waals surface area contributed by atoms with Crippen LogP contribution in [-0.2, 0) is 19.3 Å². The average Bonchev–Trinajstić information content (AvgIpc) is 2.63. The Bertz CT molecular complexity index is 870. The summed E-state index contributed by atoms with van der Waals surface area (Å²) < 4.78 is 69.9. The van der Waals surface area contributed by atoms with Gasteiger partial charge in [0.15, 0.2) is 11.6 Å². The van der Waals surface area contributed by atoms with Crippen LogP contribution in [0.5, 0.6) is 5.75 Å². The van der Waals surface area contributed by atoms with E-state index in [1.165, 1.54) is 12.1 Å². The molecule has 0 N–H and O–H groups in total. The number of rotatable bonds is 5. The quantitative estimate of drug-likeness (QED) is 0.406. The molecule has 2 aromatic carbocycles. The fourth-order valence-electron chi connectivity index (χ4n) is 3.73. The van der Waals surface area contributed by atoms with E-state index in [9.17, 15) is 22.0 Å². The molecule has 0 bridgehead atoms. The molecule has 28 heavy (non-hydrogen) atoms. The van der Waals surface area contributed by atoms with Gasteiger partial charge in [0, 0.05) is 0 Å². The minimum Gasteiger partial charge on any atom is -0.403 e. The largest absolute Gasteiger partial charge is 0.573 e. The van der Waals surface area contributed by atoms with Crippen molar-refractivity contribution in [1.29, 1.82) is 0 Å². The smallest absolute Gasteiger partial charge is 0.403 e. The summed E-state index contributed by atoms with van der Waals surface area (Å²) in [4.78, 5) is 0. The number of alkyl halides is 3. The zero-order valence-corrected chi connectivity index (χ0v) is 15.5. The molecule has 0 saturated heterocycles. The lowest BCUT2D eigenvalue weighted by atomic mass is 9.79. The normalized spacial score (nSPS) is 17.0. The summed E-state index contributed by atoms with van der Waals surface area (Å²) in [6.07, 6.45) is 1.72. The van der Waals surface area contributed by atoms with Gasteiger partial charge in [0.05, 0.1) is 0 Å². The first-order valence-corrected chi connectivity index (χ1v) is 9.24. The number of fused-ring (bicyclic) bond motifs is 1. The van der Waals surface area contributed by atoms with Crippen LogP contribution in [0.25, 0.3) is 0 Å². The second kappa shape index (κ2) is 8.33. The Balaban J connectivity index is 1.77. The van der Waals surface area contributed by atoms with Gasteiger partial charge >= 0.3 is 6.36 Å². The van der Waals surface area contributed by atoms with Gasteiger partial charge in [-0.3, -0.25) is 0 Å². The molecule has 6 heteroatoms. The van der Waals surface area contributed by atoms with Crippen molar-refractivity contribution in [3.63, 3.8) is 0 Å². The summed E-state index contributed by atoms with van der Waals surface area (Å²) in [5.74, 6) is -2.22. The summed E-state index contributed by atoms with van der Waals surface area (Å²) in [5, 5.41) is 0. The zero-order chi connectivity index (χ0) is 20.3. The second-order valence-electron chi connectivity index (χ2n) is 6.97. The molecule has 0 spiro atoms. The van der Waals surface area contributed by atoms with Gasteiger partial charge in [-0.2, -0.15) is 0 Å². The van der Waals surface area contributed by atoms with Crippen LogP contribution < -0.4 is 4.74 Å². The summed E-state index contributed by atoms with van der Waals surface area (Å²) >= 11 is 0. The van der Waals surface area contributed by atoms with Gasteiger partial charge in [-0.25, -0.2) is 8.78 Å². The topological polar surface area (TPSA) is 9.23 Å². The van der Waals surface area contributed by atoms with Crippen molar-refractivity contribution in [3.8, 4) is 5.75 Å². The highest BCUT2D eigenvalue weighted by atomic mass is 19.4. The Morgan fingerprint density at radius 2 is 1.93 bits per heavy atom. The molecule has 0 amide bonds. The first-order chi connectivity index (χ1) is 13.3. The molecule has 0 fully saturated rings. The van der Waals surface area contributed by atoms with E-state index < -0.39 is 17.9 Å². The van der Waals surface area contributed by atoms with Gasteiger partial charge in [-0.05, 0) is 79.3 Å². The number of allylic oxidation sites excluding steroid dienone is 2. The summed E-state index contributed by atoms with van der Waals surface area (Å²) in [6, 6.07) is 7.64. The Morgan fingerprint density at radius 3 is 2.61 bits per heavy atom. The number of hydrogen-bond acceptors (Lipinski definition) is 1. The van der Waals surface area contributed by atoms with Crippen molar-refractivity contribution < 1.29 is 26.7 Å². The average molecular weight is 396 g/mol. The van der Waals surface area contributed by atoms with E-state index in [0.717, 1.165) is 24.5 Å². The van der Waals surface area contributed by atoms with Crippen molar-refractivity contribution in [2.75, 3.05) is 0 Å². The van der Waals surface area contributed by atoms with Crippen LogP contribution in [0.2, 0.25) is 0 Å². The predicted octanol–water partition coefficient (Wildman–Crippen LogP) is 6.64. The van der Waals surface area contributed by atoms with Crippen LogP contribution in [0.1, 0.15) is 47.9 Å². The molecule has 0 aliphatic heterocycles. The lowest BCUT2D eigenvalue weighted by molar-refractivity contribution is -0.275. The van der Waals surface area contributed by atoms with Crippen LogP contribution in [0.15, 0.2) is 42.5 Å². The fourth-order valence-corrected chi connectivity index (χ4v) is 3.73. The fraction of sp³-hybridized carbons (Fsp3) is 0.364. The van der Waals surface area contributed by atoms with Gasteiger partial charge in [0.2, 0.25) is 0 Å². The van der Waals surface area contributed by atoms with Crippen LogP contribution in [0.4, 0.5) is 22.0 Å². The van der Waals surface area contributed by atoms with Gasteiger partial charge < -0.3 is 4.74 Å². The van der Waals surface area contributed by atoms with E-state index in [0.29, 0.717) is 24.0 Å². The monoisotopic (exact) mass is 396 g/mol. The van der Waals surface area contributed by atoms with Crippen LogP contribution >= 0.6 is 0 Å². The molecule has 3 rings (SSSR count). The standard InChI is InChI=1S/C22H21F5O/c1-2-3-4-5-14-6-9-17(19(23)12-14)15-7-10-18-16(13-15)8-11-20(21(18)24)28-22(25,26)27/h2-3,6,8-9,11-12,15H,4-5,7,10,13H2,1H3/b3-2+. The Hall–Kier alpha value is -2.37. The zero-order valence-electron chi connectivity index (χ0n) is 15.5. The first-order valence-electron chi connectivity index (χ1n) is 9.24. The SMILES string of the molecule is C/C=C/CCc1ccc(C2CCc3c(ccc(OC(F)(F)F)c3F)C2)c(F)c1. The maximum absolute atomic E-state index is 14.6. The minimum absolute atomic E-state index is 0.133. The molecule has 0 radical (unpaired) electrons. The Morgan fingerprint density at radius 1 is 1.14 bits per heavy atom. The third kappa shape index (κ3) is 4.72. The maximum atomic E-state index is 14.6. The summed E-state index contributed by atoms with van der Waals surface area (Å²) in [5.41, 5.74) is 2.30. The number of hydrogen-bond donors (Lipinski definition) is 0. The summed E-state index contributed by atoms with van der Waals surface area (Å²) in [6.45, 7) is 1.94. The first kappa shape index (κ1) is 20.4. The van der Waals surface area contributed by atoms with Crippen molar-refractivity contribution >= 4 is 0 Å². The van der Waals surface area contributed by atoms with Crippen molar-refractivity contribution in [2.24, 2.45) is 0 Å². The lowest BCUT2D eigenvalue weighted by Gasteiger charge is -2.26. The van der Waals surface area contributed by atoms with Crippen LogP contribution in [0, 0.1) is 11.6 Å². The highest BCUT2D eigenvalue weighted by Gasteiger charge is 2.34. The molecule has 1 unspecified atom stereocenters. The van der Waals surface area contributed by atoms with E-state index in [4.69, 9.17) is 0 Å². The van der Waals surface area contributed by atoms with Crippen molar-refractivity contribution in [2.45, 2.75) is 51.3 Å². The van der Waals surface area contributed by atoms with Crippen LogP contribution in [0.3, 0.4) is 0 Å². The number of benzene rings is 2. The van der Waals surface area contributed by atoms with Gasteiger partial charge in [-0.1, -0.05) is 30.4 Å². The van der Waals surface area contributed by atoms with E-state index in [1.807, 2.05) is 25.1 Å².